The molecule has 0 spiro atoms. The van der Waals surface area contributed by atoms with Gasteiger partial charge in [0.15, 0.2) is 6.29 Å². The molecule has 5 rings (SSSR count). The Labute approximate surface area is 208 Å². The Hall–Kier alpha value is -2.82. The molecule has 2 N–H and O–H groups in total. The van der Waals surface area contributed by atoms with Gasteiger partial charge >= 0.3 is 12.2 Å². The number of carbonyl (C=O) groups excluding carboxylic acids is 3. The maximum Gasteiger partial charge on any atom is 0.416 e. The van der Waals surface area contributed by atoms with E-state index < -0.39 is 36.0 Å². The van der Waals surface area contributed by atoms with Gasteiger partial charge in [-0.1, -0.05) is 31.4 Å². The first-order chi connectivity index (χ1) is 17.1. The SMILES string of the molecule is CN1C(=O)C2CCC(C(=O)NC3CCCCC3)CC2N2C(=O)N(Cc3cccc(C(F)(F)F)c3)NC12. The maximum atomic E-state index is 13.5. The van der Waals surface area contributed by atoms with Gasteiger partial charge in [0, 0.05) is 25.0 Å². The van der Waals surface area contributed by atoms with Crippen LogP contribution in [0.4, 0.5) is 18.0 Å². The molecule has 2 saturated carbocycles. The molecule has 4 aliphatic rings. The molecule has 4 atom stereocenters. The Morgan fingerprint density at radius 3 is 2.58 bits per heavy atom. The van der Waals surface area contributed by atoms with Gasteiger partial charge in [-0.05, 0) is 49.8 Å². The molecule has 2 aliphatic carbocycles. The van der Waals surface area contributed by atoms with E-state index in [2.05, 4.69) is 10.7 Å². The number of alkyl halides is 3. The van der Waals surface area contributed by atoms with Gasteiger partial charge in [-0.2, -0.15) is 18.6 Å². The van der Waals surface area contributed by atoms with Crippen LogP contribution in [0.1, 0.15) is 62.5 Å². The molecule has 1 aromatic carbocycles. The van der Waals surface area contributed by atoms with Gasteiger partial charge in [0.25, 0.3) is 0 Å². The summed E-state index contributed by atoms with van der Waals surface area (Å²) in [7, 11) is 1.62. The van der Waals surface area contributed by atoms with Crippen molar-refractivity contribution in [3.05, 3.63) is 35.4 Å². The second-order valence-electron chi connectivity index (χ2n) is 10.5. The van der Waals surface area contributed by atoms with E-state index in [4.69, 9.17) is 0 Å². The summed E-state index contributed by atoms with van der Waals surface area (Å²) in [6.45, 7) is -0.0826. The third kappa shape index (κ3) is 4.65. The zero-order valence-electron chi connectivity index (χ0n) is 20.3. The van der Waals surface area contributed by atoms with E-state index in [9.17, 15) is 27.6 Å². The highest BCUT2D eigenvalue weighted by Gasteiger charge is 2.55. The van der Waals surface area contributed by atoms with Gasteiger partial charge in [-0.15, -0.1) is 0 Å². The van der Waals surface area contributed by atoms with Crippen LogP contribution in [0.5, 0.6) is 0 Å². The molecule has 0 aromatic heterocycles. The molecular weight excluding hydrogens is 475 g/mol. The summed E-state index contributed by atoms with van der Waals surface area (Å²) in [5.41, 5.74) is 2.55. The molecule has 2 saturated heterocycles. The van der Waals surface area contributed by atoms with Crippen LogP contribution in [-0.4, -0.2) is 58.1 Å². The lowest BCUT2D eigenvalue weighted by Crippen LogP contribution is -2.66. The first kappa shape index (κ1) is 24.9. The number of carbonyl (C=O) groups is 3. The summed E-state index contributed by atoms with van der Waals surface area (Å²) >= 11 is 0. The molecule has 0 bridgehead atoms. The molecule has 4 amide bonds. The van der Waals surface area contributed by atoms with Crippen LogP contribution in [0, 0.1) is 11.8 Å². The molecule has 2 heterocycles. The van der Waals surface area contributed by atoms with Crippen LogP contribution >= 0.6 is 0 Å². The van der Waals surface area contributed by atoms with Crippen molar-refractivity contribution in [2.75, 3.05) is 7.05 Å². The molecule has 36 heavy (non-hydrogen) atoms. The first-order valence-electron chi connectivity index (χ1n) is 12.7. The van der Waals surface area contributed by atoms with Crippen molar-refractivity contribution < 1.29 is 27.6 Å². The minimum Gasteiger partial charge on any atom is -0.353 e. The number of hydrogen-bond donors (Lipinski definition) is 2. The third-order valence-corrected chi connectivity index (χ3v) is 8.11. The lowest BCUT2D eigenvalue weighted by Gasteiger charge is -2.48. The Kier molecular flexibility index (Phi) is 6.61. The lowest BCUT2D eigenvalue weighted by atomic mass is 9.75. The smallest absolute Gasteiger partial charge is 0.353 e. The van der Waals surface area contributed by atoms with E-state index in [-0.39, 0.29) is 30.3 Å². The topological polar surface area (TPSA) is 85.0 Å². The summed E-state index contributed by atoms with van der Waals surface area (Å²) in [5.74, 6) is -0.781. The van der Waals surface area contributed by atoms with Crippen LogP contribution in [0.3, 0.4) is 0 Å². The van der Waals surface area contributed by atoms with Crippen molar-refractivity contribution in [1.29, 1.82) is 0 Å². The van der Waals surface area contributed by atoms with Gasteiger partial charge in [-0.25, -0.2) is 4.79 Å². The number of nitrogens with zero attached hydrogens (tertiary/aromatic N) is 3. The van der Waals surface area contributed by atoms with E-state index in [1.165, 1.54) is 28.5 Å². The van der Waals surface area contributed by atoms with Crippen molar-refractivity contribution in [3.8, 4) is 0 Å². The fraction of sp³-hybridized carbons (Fsp3) is 0.640. The number of fused-ring (bicyclic) bond motifs is 3. The number of hydrazine groups is 1. The van der Waals surface area contributed by atoms with Gasteiger partial charge in [0.1, 0.15) is 0 Å². The molecule has 4 fully saturated rings. The molecular formula is C25H32F3N5O3. The minimum absolute atomic E-state index is 0.0105. The normalized spacial score (nSPS) is 29.3. The fourth-order valence-electron chi connectivity index (χ4n) is 6.17. The molecule has 1 aromatic rings. The average Bonchev–Trinajstić information content (AvgIpc) is 3.18. The van der Waals surface area contributed by atoms with Gasteiger partial charge < -0.3 is 10.2 Å². The van der Waals surface area contributed by atoms with Crippen molar-refractivity contribution in [2.24, 2.45) is 11.8 Å². The number of halogens is 3. The fourth-order valence-corrected chi connectivity index (χ4v) is 6.17. The highest BCUT2D eigenvalue weighted by atomic mass is 19.4. The van der Waals surface area contributed by atoms with Crippen LogP contribution in [0.15, 0.2) is 24.3 Å². The standard InChI is InChI=1S/C25H32F3N5O3/c1-31-22(35)19-11-10-16(21(34)29-18-8-3-2-4-9-18)13-20(19)33-23(31)30-32(24(33)36)14-15-6-5-7-17(12-15)25(26,27)28/h5-7,12,16,18-20,23,30H,2-4,8-11,13-14H2,1H3,(H,29,34). The third-order valence-electron chi connectivity index (χ3n) is 8.11. The number of amides is 4. The lowest BCUT2D eigenvalue weighted by molar-refractivity contribution is -0.156. The van der Waals surface area contributed by atoms with Crippen molar-refractivity contribution in [3.63, 3.8) is 0 Å². The quantitative estimate of drug-likeness (QED) is 0.654. The number of rotatable bonds is 4. The zero-order valence-corrected chi connectivity index (χ0v) is 20.3. The van der Waals surface area contributed by atoms with Crippen LogP contribution < -0.4 is 10.7 Å². The largest absolute Gasteiger partial charge is 0.416 e. The Balaban J connectivity index is 1.31. The summed E-state index contributed by atoms with van der Waals surface area (Å²) in [6.07, 6.45) is 1.65. The number of urea groups is 1. The summed E-state index contributed by atoms with van der Waals surface area (Å²) in [5, 5.41) is 4.44. The molecule has 2 aliphatic heterocycles. The summed E-state index contributed by atoms with van der Waals surface area (Å²) in [4.78, 5) is 42.7. The monoisotopic (exact) mass is 507 g/mol. The Morgan fingerprint density at radius 1 is 1.11 bits per heavy atom. The molecule has 11 heteroatoms. The highest BCUT2D eigenvalue weighted by Crippen LogP contribution is 2.40. The van der Waals surface area contributed by atoms with Gasteiger partial charge in [-0.3, -0.25) is 19.5 Å². The highest BCUT2D eigenvalue weighted by molar-refractivity contribution is 5.86. The number of benzene rings is 1. The second-order valence-corrected chi connectivity index (χ2v) is 10.5. The van der Waals surface area contributed by atoms with E-state index in [1.807, 2.05) is 0 Å². The predicted molar refractivity (Wildman–Crippen MR) is 124 cm³/mol. The summed E-state index contributed by atoms with van der Waals surface area (Å²) < 4.78 is 39.4. The van der Waals surface area contributed by atoms with Gasteiger partial charge in [0.2, 0.25) is 11.8 Å². The van der Waals surface area contributed by atoms with Crippen LogP contribution in [0.2, 0.25) is 0 Å². The van der Waals surface area contributed by atoms with E-state index in [1.54, 1.807) is 11.9 Å². The van der Waals surface area contributed by atoms with Crippen LogP contribution in [-0.2, 0) is 22.3 Å². The predicted octanol–water partition coefficient (Wildman–Crippen LogP) is 3.44. The zero-order chi connectivity index (χ0) is 25.6. The minimum atomic E-state index is -4.48. The second kappa shape index (κ2) is 9.57. The molecule has 4 unspecified atom stereocenters. The Bertz CT molecular complexity index is 1030. The van der Waals surface area contributed by atoms with E-state index >= 15 is 0 Å². The number of nitrogens with one attached hydrogen (secondary N) is 2. The van der Waals surface area contributed by atoms with E-state index in [0.29, 0.717) is 24.8 Å². The maximum absolute atomic E-state index is 13.5. The first-order valence-corrected chi connectivity index (χ1v) is 12.7. The molecule has 8 nitrogen and oxygen atoms in total. The van der Waals surface area contributed by atoms with Crippen molar-refractivity contribution >= 4 is 17.8 Å². The number of hydrogen-bond acceptors (Lipinski definition) is 4. The molecule has 0 radical (unpaired) electrons. The molecule has 196 valence electrons. The average molecular weight is 508 g/mol. The van der Waals surface area contributed by atoms with Crippen molar-refractivity contribution in [2.45, 2.75) is 82.5 Å². The van der Waals surface area contributed by atoms with Gasteiger partial charge in [0.05, 0.1) is 18.0 Å². The summed E-state index contributed by atoms with van der Waals surface area (Å²) in [6, 6.07) is 4.20. The van der Waals surface area contributed by atoms with Crippen LogP contribution in [0.25, 0.3) is 0 Å². The van der Waals surface area contributed by atoms with E-state index in [0.717, 1.165) is 37.8 Å². The van der Waals surface area contributed by atoms with Crippen molar-refractivity contribution in [1.82, 2.24) is 25.6 Å². The Morgan fingerprint density at radius 2 is 1.86 bits per heavy atom.